The highest BCUT2D eigenvalue weighted by atomic mass is 35.5. The van der Waals surface area contributed by atoms with Crippen molar-refractivity contribution in [3.63, 3.8) is 0 Å². The number of amides is 2. The molecule has 0 radical (unpaired) electrons. The molecule has 1 rings (SSSR count). The first-order chi connectivity index (χ1) is 7.41. The molecule has 1 aromatic carbocycles. The second kappa shape index (κ2) is 4.58. The smallest absolute Gasteiger partial charge is 0.313 e. The van der Waals surface area contributed by atoms with Crippen LogP contribution in [0.15, 0.2) is 18.2 Å². The summed E-state index contributed by atoms with van der Waals surface area (Å²) in [6.07, 6.45) is 0. The van der Waals surface area contributed by atoms with Gasteiger partial charge in [0, 0.05) is 12.1 Å². The van der Waals surface area contributed by atoms with E-state index in [0.717, 1.165) is 6.07 Å². The molecule has 84 valence electrons. The van der Waals surface area contributed by atoms with Crippen LogP contribution in [0.25, 0.3) is 0 Å². The Bertz CT molecular complexity index is 474. The van der Waals surface area contributed by atoms with Gasteiger partial charge in [0.15, 0.2) is 0 Å². The number of hydrogen-bond donors (Lipinski definition) is 2. The van der Waals surface area contributed by atoms with Crippen LogP contribution in [0.5, 0.6) is 0 Å². The summed E-state index contributed by atoms with van der Waals surface area (Å²) in [5, 5.41) is 12.6. The van der Waals surface area contributed by atoms with Crippen molar-refractivity contribution in [3.8, 4) is 0 Å². The number of hydrogen-bond acceptors (Lipinski definition) is 4. The molecule has 0 heterocycles. The van der Waals surface area contributed by atoms with E-state index in [-0.39, 0.29) is 16.4 Å². The number of halogens is 1. The molecule has 7 nitrogen and oxygen atoms in total. The van der Waals surface area contributed by atoms with Crippen LogP contribution in [0.3, 0.4) is 0 Å². The van der Waals surface area contributed by atoms with Gasteiger partial charge < -0.3 is 11.1 Å². The molecular weight excluding hydrogens is 238 g/mol. The predicted molar refractivity (Wildman–Crippen MR) is 55.9 cm³/mol. The van der Waals surface area contributed by atoms with E-state index in [9.17, 15) is 19.7 Å². The lowest BCUT2D eigenvalue weighted by Gasteiger charge is -2.04. The SMILES string of the molecule is NC(=O)C(=O)Nc1cc([N+](=O)[O-])ccc1Cl. The summed E-state index contributed by atoms with van der Waals surface area (Å²) < 4.78 is 0. The van der Waals surface area contributed by atoms with Gasteiger partial charge in [-0.25, -0.2) is 0 Å². The van der Waals surface area contributed by atoms with Gasteiger partial charge in [0.2, 0.25) is 0 Å². The first-order valence-electron chi connectivity index (χ1n) is 3.96. The maximum Gasteiger partial charge on any atom is 0.313 e. The van der Waals surface area contributed by atoms with E-state index in [1.165, 1.54) is 12.1 Å². The van der Waals surface area contributed by atoms with Crippen LogP contribution in [0, 0.1) is 10.1 Å². The minimum atomic E-state index is -1.21. The molecule has 1 aromatic rings. The highest BCUT2D eigenvalue weighted by molar-refractivity contribution is 6.41. The zero-order valence-corrected chi connectivity index (χ0v) is 8.52. The maximum absolute atomic E-state index is 10.9. The molecule has 0 aliphatic carbocycles. The number of nitro groups is 1. The second-order valence-corrected chi connectivity index (χ2v) is 3.15. The number of nitrogens with two attached hydrogens (primary N) is 1. The van der Waals surface area contributed by atoms with Gasteiger partial charge in [0.1, 0.15) is 0 Å². The van der Waals surface area contributed by atoms with E-state index in [2.05, 4.69) is 5.32 Å². The molecule has 0 atom stereocenters. The van der Waals surface area contributed by atoms with Gasteiger partial charge in [-0.15, -0.1) is 0 Å². The van der Waals surface area contributed by atoms with Gasteiger partial charge in [-0.3, -0.25) is 19.7 Å². The lowest BCUT2D eigenvalue weighted by molar-refractivity contribution is -0.384. The predicted octanol–water partition coefficient (Wildman–Crippen LogP) is 0.672. The van der Waals surface area contributed by atoms with Crippen LogP contribution < -0.4 is 11.1 Å². The van der Waals surface area contributed by atoms with Crippen molar-refractivity contribution >= 4 is 34.8 Å². The monoisotopic (exact) mass is 243 g/mol. The summed E-state index contributed by atoms with van der Waals surface area (Å²) >= 11 is 5.66. The van der Waals surface area contributed by atoms with Crippen molar-refractivity contribution in [2.75, 3.05) is 5.32 Å². The Morgan fingerprint density at radius 3 is 2.56 bits per heavy atom. The number of anilines is 1. The number of nitrogens with one attached hydrogen (secondary N) is 1. The second-order valence-electron chi connectivity index (χ2n) is 2.74. The minimum absolute atomic E-state index is 0.0420. The van der Waals surface area contributed by atoms with E-state index in [1.807, 2.05) is 0 Å². The third-order valence-electron chi connectivity index (χ3n) is 1.63. The quantitative estimate of drug-likeness (QED) is 0.451. The fraction of sp³-hybridized carbons (Fsp3) is 0. The summed E-state index contributed by atoms with van der Waals surface area (Å²) in [6, 6.07) is 3.43. The number of carbonyl (C=O) groups excluding carboxylic acids is 2. The van der Waals surface area contributed by atoms with Gasteiger partial charge >= 0.3 is 11.8 Å². The lowest BCUT2D eigenvalue weighted by Crippen LogP contribution is -2.29. The number of nitro benzene ring substituents is 1. The number of primary amides is 1. The molecule has 0 saturated heterocycles. The van der Waals surface area contributed by atoms with Crippen LogP contribution in [-0.4, -0.2) is 16.7 Å². The van der Waals surface area contributed by atoms with E-state index in [4.69, 9.17) is 17.3 Å². The normalized spacial score (nSPS) is 9.56. The molecule has 3 N–H and O–H groups in total. The minimum Gasteiger partial charge on any atom is -0.361 e. The first kappa shape index (κ1) is 11.9. The van der Waals surface area contributed by atoms with Crippen LogP contribution in [0.2, 0.25) is 5.02 Å². The molecule has 0 aliphatic rings. The van der Waals surface area contributed by atoms with Crippen molar-refractivity contribution < 1.29 is 14.5 Å². The van der Waals surface area contributed by atoms with Crippen molar-refractivity contribution in [3.05, 3.63) is 33.3 Å². The summed E-state index contributed by atoms with van der Waals surface area (Å²) in [5.74, 6) is -2.30. The van der Waals surface area contributed by atoms with E-state index < -0.39 is 16.7 Å². The molecule has 0 aliphatic heterocycles. The van der Waals surface area contributed by atoms with Crippen LogP contribution in [-0.2, 0) is 9.59 Å². The van der Waals surface area contributed by atoms with Crippen LogP contribution >= 0.6 is 11.6 Å². The number of nitrogens with zero attached hydrogens (tertiary/aromatic N) is 1. The number of non-ortho nitro benzene ring substituents is 1. The Kier molecular flexibility index (Phi) is 3.41. The molecule has 0 fully saturated rings. The molecule has 16 heavy (non-hydrogen) atoms. The highest BCUT2D eigenvalue weighted by Crippen LogP contribution is 2.26. The highest BCUT2D eigenvalue weighted by Gasteiger charge is 2.14. The summed E-state index contributed by atoms with van der Waals surface area (Å²) in [7, 11) is 0. The van der Waals surface area contributed by atoms with Crippen LogP contribution in [0.1, 0.15) is 0 Å². The molecule has 2 amide bonds. The van der Waals surface area contributed by atoms with Gasteiger partial charge in [-0.2, -0.15) is 0 Å². The standard InChI is InChI=1S/C8H6ClN3O4/c9-5-2-1-4(12(15)16)3-6(5)11-8(14)7(10)13/h1-3H,(H2,10,13)(H,11,14). The van der Waals surface area contributed by atoms with Crippen molar-refractivity contribution in [2.24, 2.45) is 5.73 Å². The number of carbonyl (C=O) groups is 2. The van der Waals surface area contributed by atoms with Gasteiger partial charge in [-0.1, -0.05) is 11.6 Å². The molecule has 8 heteroatoms. The molecule has 0 saturated carbocycles. The van der Waals surface area contributed by atoms with Crippen molar-refractivity contribution in [1.82, 2.24) is 0 Å². The molecule has 0 aromatic heterocycles. The zero-order valence-electron chi connectivity index (χ0n) is 7.77. The largest absolute Gasteiger partial charge is 0.361 e. The van der Waals surface area contributed by atoms with E-state index >= 15 is 0 Å². The van der Waals surface area contributed by atoms with Crippen molar-refractivity contribution in [1.29, 1.82) is 0 Å². The van der Waals surface area contributed by atoms with E-state index in [1.54, 1.807) is 0 Å². The topological polar surface area (TPSA) is 115 Å². The number of benzene rings is 1. The Labute approximate surface area is 94.3 Å². The zero-order chi connectivity index (χ0) is 12.3. The summed E-state index contributed by atoms with van der Waals surface area (Å²) in [6.45, 7) is 0. The number of rotatable bonds is 2. The molecular formula is C8H6ClN3O4. The summed E-state index contributed by atoms with van der Waals surface area (Å²) in [4.78, 5) is 31.2. The van der Waals surface area contributed by atoms with Gasteiger partial charge in [-0.05, 0) is 6.07 Å². The Balaban J connectivity index is 3.03. The fourth-order valence-electron chi connectivity index (χ4n) is 0.907. The van der Waals surface area contributed by atoms with Gasteiger partial charge in [0.05, 0.1) is 15.6 Å². The first-order valence-corrected chi connectivity index (χ1v) is 4.34. The van der Waals surface area contributed by atoms with Crippen molar-refractivity contribution in [2.45, 2.75) is 0 Å². The average Bonchev–Trinajstić information content (AvgIpc) is 2.20. The molecule has 0 unspecified atom stereocenters. The van der Waals surface area contributed by atoms with E-state index in [0.29, 0.717) is 0 Å². The van der Waals surface area contributed by atoms with Crippen LogP contribution in [0.4, 0.5) is 11.4 Å². The third kappa shape index (κ3) is 2.67. The maximum atomic E-state index is 10.9. The molecule has 0 spiro atoms. The third-order valence-corrected chi connectivity index (χ3v) is 1.96. The lowest BCUT2D eigenvalue weighted by atomic mass is 10.3. The molecule has 0 bridgehead atoms. The fourth-order valence-corrected chi connectivity index (χ4v) is 1.07. The summed E-state index contributed by atoms with van der Waals surface area (Å²) in [5.41, 5.74) is 4.40. The Hall–Kier alpha value is -2.15. The Morgan fingerprint density at radius 1 is 1.44 bits per heavy atom. The average molecular weight is 244 g/mol. The Morgan fingerprint density at radius 2 is 2.06 bits per heavy atom. The van der Waals surface area contributed by atoms with Gasteiger partial charge in [0.25, 0.3) is 5.69 Å².